The van der Waals surface area contributed by atoms with Crippen LogP contribution in [0.25, 0.3) is 0 Å². The summed E-state index contributed by atoms with van der Waals surface area (Å²) in [5.41, 5.74) is 4.37. The highest BCUT2D eigenvalue weighted by Crippen LogP contribution is 2.35. The number of ether oxygens (including phenoxy) is 2. The number of rotatable bonds is 11. The number of aliphatic imine (C=N–C) groups is 1. The molecule has 0 fully saturated rings. The van der Waals surface area contributed by atoms with Gasteiger partial charge in [0.05, 0.1) is 36.8 Å². The number of carbonyl (C=O) groups is 3. The smallest absolute Gasteiger partial charge is 0.224 e. The first-order valence-corrected chi connectivity index (χ1v) is 12.0. The molecule has 1 aliphatic rings. The lowest BCUT2D eigenvalue weighted by molar-refractivity contribution is -0.116. The third kappa shape index (κ3) is 5.88. The Morgan fingerprint density at radius 1 is 1.14 bits per heavy atom. The number of anilines is 2. The first kappa shape index (κ1) is 25.7. The summed E-state index contributed by atoms with van der Waals surface area (Å²) in [7, 11) is 5.27. The number of aryl methyl sites for hydroxylation is 1. The van der Waals surface area contributed by atoms with Crippen molar-refractivity contribution >= 4 is 41.8 Å². The largest absolute Gasteiger partial charge is 0.493 e. The molecule has 4 rings (SSSR count). The van der Waals surface area contributed by atoms with E-state index in [1.54, 1.807) is 36.0 Å². The molecule has 1 amide bonds. The quantitative estimate of drug-likeness (QED) is 0.239. The summed E-state index contributed by atoms with van der Waals surface area (Å²) in [4.78, 5) is 41.7. The van der Waals surface area contributed by atoms with Crippen LogP contribution < -0.4 is 19.7 Å². The van der Waals surface area contributed by atoms with Crippen LogP contribution in [-0.2, 0) is 18.3 Å². The molecule has 0 saturated heterocycles. The van der Waals surface area contributed by atoms with E-state index in [2.05, 4.69) is 27.3 Å². The fourth-order valence-corrected chi connectivity index (χ4v) is 4.34. The second-order valence-electron chi connectivity index (χ2n) is 8.85. The molecule has 3 aromatic rings. The molecule has 0 spiro atoms. The molecule has 1 aromatic heterocycles. The van der Waals surface area contributed by atoms with Crippen molar-refractivity contribution in [2.24, 2.45) is 12.0 Å². The van der Waals surface area contributed by atoms with Crippen LogP contribution in [0.3, 0.4) is 0 Å². The Morgan fingerprint density at radius 3 is 2.65 bits per heavy atom. The number of nitrogens with zero attached hydrogens (tertiary/aromatic N) is 3. The number of methoxy groups -OCH3 is 1. The molecule has 9 nitrogen and oxygen atoms in total. The summed E-state index contributed by atoms with van der Waals surface area (Å²) in [6.07, 6.45) is 6.55. The standard InChI is InChI=1S/C28H30N4O5/c1-31-16-21(13-23(31)18-34)30-28(35)9-6-10-37-27-14-24(20(17-33)12-26(27)36-3)29-15-22-11-19-7-4-5-8-25(19)32(22)2/h4-5,7-8,12-18,22H,6,9-11H2,1-3H3,(H,30,35). The van der Waals surface area contributed by atoms with Crippen molar-refractivity contribution in [3.05, 3.63) is 65.5 Å². The van der Waals surface area contributed by atoms with E-state index in [1.165, 1.54) is 18.4 Å². The number of aromatic nitrogens is 1. The molecule has 1 N–H and O–H groups in total. The number of fused-ring (bicyclic) bond motifs is 1. The van der Waals surface area contributed by atoms with Gasteiger partial charge in [-0.1, -0.05) is 18.2 Å². The van der Waals surface area contributed by atoms with E-state index in [0.717, 1.165) is 19.0 Å². The average molecular weight is 503 g/mol. The van der Waals surface area contributed by atoms with Crippen molar-refractivity contribution < 1.29 is 23.9 Å². The number of amides is 1. The summed E-state index contributed by atoms with van der Waals surface area (Å²) >= 11 is 0. The molecule has 37 heavy (non-hydrogen) atoms. The fourth-order valence-electron chi connectivity index (χ4n) is 4.34. The Balaban J connectivity index is 1.38. The van der Waals surface area contributed by atoms with E-state index >= 15 is 0 Å². The molecule has 2 heterocycles. The molecule has 192 valence electrons. The Morgan fingerprint density at radius 2 is 1.95 bits per heavy atom. The maximum Gasteiger partial charge on any atom is 0.224 e. The molecule has 0 bridgehead atoms. The monoisotopic (exact) mass is 502 g/mol. The third-order valence-electron chi connectivity index (χ3n) is 6.38. The number of benzene rings is 2. The molecular weight excluding hydrogens is 472 g/mol. The Hall–Kier alpha value is -4.40. The minimum Gasteiger partial charge on any atom is -0.493 e. The van der Waals surface area contributed by atoms with Gasteiger partial charge < -0.3 is 24.3 Å². The predicted molar refractivity (Wildman–Crippen MR) is 143 cm³/mol. The van der Waals surface area contributed by atoms with Crippen molar-refractivity contribution in [3.63, 3.8) is 0 Å². The van der Waals surface area contributed by atoms with E-state index < -0.39 is 0 Å². The van der Waals surface area contributed by atoms with Gasteiger partial charge in [-0.2, -0.15) is 0 Å². The Labute approximate surface area is 215 Å². The number of carbonyl (C=O) groups excluding carboxylic acids is 3. The highest BCUT2D eigenvalue weighted by Gasteiger charge is 2.24. The molecule has 9 heteroatoms. The van der Waals surface area contributed by atoms with Gasteiger partial charge in [-0.05, 0) is 36.6 Å². The van der Waals surface area contributed by atoms with Crippen molar-refractivity contribution in [1.29, 1.82) is 0 Å². The van der Waals surface area contributed by atoms with E-state index in [4.69, 9.17) is 9.47 Å². The lowest BCUT2D eigenvalue weighted by Crippen LogP contribution is -2.28. The minimum absolute atomic E-state index is 0.0779. The van der Waals surface area contributed by atoms with Crippen LogP contribution in [0.2, 0.25) is 0 Å². The SMILES string of the molecule is COc1cc(C=O)c(N=CC2Cc3ccccc3N2C)cc1OCCCC(=O)Nc1cc(C=O)n(C)c1. The molecule has 0 saturated carbocycles. The number of hydrogen-bond donors (Lipinski definition) is 1. The first-order chi connectivity index (χ1) is 17.9. The minimum atomic E-state index is -0.179. The van der Waals surface area contributed by atoms with E-state index in [0.29, 0.717) is 40.6 Å². The molecular formula is C28H30N4O5. The van der Waals surface area contributed by atoms with Gasteiger partial charge in [-0.3, -0.25) is 19.4 Å². The van der Waals surface area contributed by atoms with Gasteiger partial charge in [0.25, 0.3) is 0 Å². The zero-order valence-electron chi connectivity index (χ0n) is 21.1. The van der Waals surface area contributed by atoms with Gasteiger partial charge in [0.2, 0.25) is 5.91 Å². The van der Waals surface area contributed by atoms with Crippen LogP contribution in [0.4, 0.5) is 17.1 Å². The van der Waals surface area contributed by atoms with Crippen molar-refractivity contribution in [3.8, 4) is 11.5 Å². The maximum atomic E-state index is 12.3. The van der Waals surface area contributed by atoms with Gasteiger partial charge in [-0.25, -0.2) is 0 Å². The lowest BCUT2D eigenvalue weighted by atomic mass is 10.1. The van der Waals surface area contributed by atoms with Crippen LogP contribution in [0.5, 0.6) is 11.5 Å². The van der Waals surface area contributed by atoms with Gasteiger partial charge in [0.15, 0.2) is 24.1 Å². The molecule has 2 aromatic carbocycles. The topological polar surface area (TPSA) is 102 Å². The lowest BCUT2D eigenvalue weighted by Gasteiger charge is -2.19. The highest BCUT2D eigenvalue weighted by molar-refractivity contribution is 5.92. The van der Waals surface area contributed by atoms with E-state index in [-0.39, 0.29) is 25.0 Å². The number of para-hydroxylation sites is 1. The van der Waals surface area contributed by atoms with Crippen LogP contribution >= 0.6 is 0 Å². The summed E-state index contributed by atoms with van der Waals surface area (Å²) in [5.74, 6) is 0.686. The maximum absolute atomic E-state index is 12.3. The number of hydrogen-bond acceptors (Lipinski definition) is 7. The Bertz CT molecular complexity index is 1330. The van der Waals surface area contributed by atoms with Crippen molar-refractivity contribution in [2.45, 2.75) is 25.3 Å². The second kappa shape index (κ2) is 11.6. The van der Waals surface area contributed by atoms with Gasteiger partial charge in [0.1, 0.15) is 0 Å². The normalized spacial score (nSPS) is 14.5. The van der Waals surface area contributed by atoms with Gasteiger partial charge in [0, 0.05) is 50.2 Å². The molecule has 0 radical (unpaired) electrons. The van der Waals surface area contributed by atoms with Crippen LogP contribution in [-0.4, -0.2) is 56.1 Å². The fraction of sp³-hybridized carbons (Fsp3) is 0.286. The number of aldehydes is 2. The molecule has 1 unspecified atom stereocenters. The second-order valence-corrected chi connectivity index (χ2v) is 8.85. The highest BCUT2D eigenvalue weighted by atomic mass is 16.5. The Kier molecular flexibility index (Phi) is 8.02. The summed E-state index contributed by atoms with van der Waals surface area (Å²) in [6, 6.07) is 13.2. The van der Waals surface area contributed by atoms with Gasteiger partial charge >= 0.3 is 0 Å². The van der Waals surface area contributed by atoms with Crippen molar-refractivity contribution in [1.82, 2.24) is 4.57 Å². The van der Waals surface area contributed by atoms with Crippen LogP contribution in [0, 0.1) is 0 Å². The van der Waals surface area contributed by atoms with E-state index in [1.807, 2.05) is 25.4 Å². The van der Waals surface area contributed by atoms with E-state index in [9.17, 15) is 14.4 Å². The van der Waals surface area contributed by atoms with Crippen molar-refractivity contribution in [2.75, 3.05) is 31.0 Å². The average Bonchev–Trinajstić information content (AvgIpc) is 3.43. The molecule has 0 aliphatic carbocycles. The van der Waals surface area contributed by atoms with Gasteiger partial charge in [-0.15, -0.1) is 0 Å². The summed E-state index contributed by atoms with van der Waals surface area (Å²) < 4.78 is 12.9. The summed E-state index contributed by atoms with van der Waals surface area (Å²) in [5, 5.41) is 2.78. The third-order valence-corrected chi connectivity index (χ3v) is 6.38. The zero-order valence-corrected chi connectivity index (χ0v) is 21.1. The molecule has 1 aliphatic heterocycles. The predicted octanol–water partition coefficient (Wildman–Crippen LogP) is 4.22. The summed E-state index contributed by atoms with van der Waals surface area (Å²) in [6.45, 7) is 0.266. The van der Waals surface area contributed by atoms with Crippen LogP contribution in [0.15, 0.2) is 53.7 Å². The van der Waals surface area contributed by atoms with Crippen LogP contribution in [0.1, 0.15) is 39.3 Å². The molecule has 1 atom stereocenters. The first-order valence-electron chi connectivity index (χ1n) is 12.0. The zero-order chi connectivity index (χ0) is 26.4. The number of likely N-dealkylation sites (N-methyl/N-ethyl adjacent to an activating group) is 1. The number of nitrogens with one attached hydrogen (secondary N) is 1.